The zero-order valence-electron chi connectivity index (χ0n) is 12.7. The molecule has 3 atom stereocenters. The standard InChI is InChI=1S/C16H21NO3S/c1-8-9(2)21-15(13(8)16(19)20-3)17-14(18)12-7-10-4-5-11(12)6-10/h10-12H,4-7H2,1-3H3,(H,17,18)/t10-,11-,12-/m1/s1. The molecule has 2 bridgehead atoms. The highest BCUT2D eigenvalue weighted by Gasteiger charge is 2.43. The van der Waals surface area contributed by atoms with Crippen molar-refractivity contribution >= 4 is 28.2 Å². The minimum absolute atomic E-state index is 0.0774. The van der Waals surface area contributed by atoms with Crippen molar-refractivity contribution in [1.82, 2.24) is 0 Å². The van der Waals surface area contributed by atoms with Gasteiger partial charge in [-0.1, -0.05) is 6.42 Å². The summed E-state index contributed by atoms with van der Waals surface area (Å²) in [5.41, 5.74) is 1.41. The van der Waals surface area contributed by atoms with Gasteiger partial charge in [-0.25, -0.2) is 4.79 Å². The molecule has 0 aromatic carbocycles. The number of methoxy groups -OCH3 is 1. The summed E-state index contributed by atoms with van der Waals surface area (Å²) in [7, 11) is 1.37. The lowest BCUT2D eigenvalue weighted by atomic mass is 9.88. The van der Waals surface area contributed by atoms with E-state index in [1.807, 2.05) is 13.8 Å². The second-order valence-corrected chi connectivity index (χ2v) is 7.47. The van der Waals surface area contributed by atoms with E-state index in [0.717, 1.165) is 22.8 Å². The first kappa shape index (κ1) is 14.6. The van der Waals surface area contributed by atoms with Gasteiger partial charge in [0.1, 0.15) is 5.00 Å². The smallest absolute Gasteiger partial charge is 0.341 e. The first-order chi connectivity index (χ1) is 10.0. The van der Waals surface area contributed by atoms with Crippen LogP contribution in [0.1, 0.15) is 46.5 Å². The molecular formula is C16H21NO3S. The van der Waals surface area contributed by atoms with Crippen LogP contribution in [-0.4, -0.2) is 19.0 Å². The van der Waals surface area contributed by atoms with E-state index in [2.05, 4.69) is 5.32 Å². The van der Waals surface area contributed by atoms with E-state index >= 15 is 0 Å². The Kier molecular flexibility index (Phi) is 3.78. The van der Waals surface area contributed by atoms with Crippen LogP contribution in [-0.2, 0) is 9.53 Å². The quantitative estimate of drug-likeness (QED) is 0.869. The van der Waals surface area contributed by atoms with Crippen LogP contribution in [0.25, 0.3) is 0 Å². The van der Waals surface area contributed by atoms with Gasteiger partial charge in [-0.15, -0.1) is 11.3 Å². The molecule has 5 heteroatoms. The van der Waals surface area contributed by atoms with Gasteiger partial charge in [0.25, 0.3) is 0 Å². The summed E-state index contributed by atoms with van der Waals surface area (Å²) in [6, 6.07) is 0. The maximum absolute atomic E-state index is 12.5. The maximum Gasteiger partial charge on any atom is 0.341 e. The molecule has 2 aliphatic rings. The van der Waals surface area contributed by atoms with Crippen molar-refractivity contribution in [2.75, 3.05) is 12.4 Å². The molecule has 2 fully saturated rings. The Morgan fingerprint density at radius 2 is 2.00 bits per heavy atom. The zero-order chi connectivity index (χ0) is 15.1. The fourth-order valence-corrected chi connectivity index (χ4v) is 4.88. The largest absolute Gasteiger partial charge is 0.465 e. The van der Waals surface area contributed by atoms with E-state index in [1.54, 1.807) is 0 Å². The van der Waals surface area contributed by atoms with Gasteiger partial charge >= 0.3 is 5.97 Å². The Morgan fingerprint density at radius 1 is 1.24 bits per heavy atom. The maximum atomic E-state index is 12.5. The van der Waals surface area contributed by atoms with Gasteiger partial charge in [-0.05, 0) is 50.5 Å². The van der Waals surface area contributed by atoms with Crippen molar-refractivity contribution in [3.63, 3.8) is 0 Å². The minimum Gasteiger partial charge on any atom is -0.465 e. The molecule has 21 heavy (non-hydrogen) atoms. The summed E-state index contributed by atoms with van der Waals surface area (Å²) in [5, 5.41) is 3.64. The van der Waals surface area contributed by atoms with Crippen LogP contribution in [0.15, 0.2) is 0 Å². The molecule has 0 saturated heterocycles. The third-order valence-corrected chi connectivity index (χ3v) is 6.21. The predicted octanol–water partition coefficient (Wildman–Crippen LogP) is 3.53. The SMILES string of the molecule is COC(=O)c1c(NC(=O)[C@@H]2C[C@@H]3CC[C@@H]2C3)sc(C)c1C. The molecular weight excluding hydrogens is 286 g/mol. The second-order valence-electron chi connectivity index (χ2n) is 6.25. The Morgan fingerprint density at radius 3 is 2.57 bits per heavy atom. The Bertz CT molecular complexity index is 593. The van der Waals surface area contributed by atoms with Crippen LogP contribution in [0.3, 0.4) is 0 Å². The molecule has 3 rings (SSSR count). The van der Waals surface area contributed by atoms with Crippen LogP contribution in [0.4, 0.5) is 5.00 Å². The fourth-order valence-electron chi connectivity index (χ4n) is 3.83. The number of fused-ring (bicyclic) bond motifs is 2. The van der Waals surface area contributed by atoms with Gasteiger partial charge in [0.2, 0.25) is 5.91 Å². The molecule has 0 radical (unpaired) electrons. The molecule has 2 aliphatic carbocycles. The number of aryl methyl sites for hydroxylation is 1. The summed E-state index contributed by atoms with van der Waals surface area (Å²) in [5.74, 6) is 1.10. The highest BCUT2D eigenvalue weighted by molar-refractivity contribution is 7.16. The predicted molar refractivity (Wildman–Crippen MR) is 82.7 cm³/mol. The monoisotopic (exact) mass is 307 g/mol. The Labute approximate surface area is 128 Å². The summed E-state index contributed by atoms with van der Waals surface area (Å²) in [6.07, 6.45) is 4.66. The number of carbonyl (C=O) groups is 2. The third kappa shape index (κ3) is 2.48. The Hall–Kier alpha value is -1.36. The number of anilines is 1. The van der Waals surface area contributed by atoms with Crippen molar-refractivity contribution in [1.29, 1.82) is 0 Å². The molecule has 1 aromatic rings. The highest BCUT2D eigenvalue weighted by atomic mass is 32.1. The number of esters is 1. The van der Waals surface area contributed by atoms with E-state index in [-0.39, 0.29) is 17.8 Å². The summed E-state index contributed by atoms with van der Waals surface area (Å²) >= 11 is 1.46. The fraction of sp³-hybridized carbons (Fsp3) is 0.625. The summed E-state index contributed by atoms with van der Waals surface area (Å²) in [4.78, 5) is 25.5. The van der Waals surface area contributed by atoms with E-state index in [1.165, 1.54) is 37.7 Å². The normalized spacial score (nSPS) is 26.9. The van der Waals surface area contributed by atoms with E-state index in [4.69, 9.17) is 4.74 Å². The van der Waals surface area contributed by atoms with Crippen molar-refractivity contribution in [3.8, 4) is 0 Å². The van der Waals surface area contributed by atoms with Crippen LogP contribution >= 0.6 is 11.3 Å². The van der Waals surface area contributed by atoms with Gasteiger partial charge < -0.3 is 10.1 Å². The van der Waals surface area contributed by atoms with Crippen molar-refractivity contribution < 1.29 is 14.3 Å². The molecule has 2 saturated carbocycles. The first-order valence-electron chi connectivity index (χ1n) is 7.50. The molecule has 4 nitrogen and oxygen atoms in total. The van der Waals surface area contributed by atoms with Gasteiger partial charge in [0.15, 0.2) is 0 Å². The first-order valence-corrected chi connectivity index (χ1v) is 8.32. The number of ether oxygens (including phenoxy) is 1. The van der Waals surface area contributed by atoms with Crippen molar-refractivity contribution in [2.24, 2.45) is 17.8 Å². The number of thiophene rings is 1. The number of nitrogens with one attached hydrogen (secondary N) is 1. The van der Waals surface area contributed by atoms with E-state index in [9.17, 15) is 9.59 Å². The molecule has 1 heterocycles. The number of amides is 1. The molecule has 0 spiro atoms. The highest BCUT2D eigenvalue weighted by Crippen LogP contribution is 2.48. The van der Waals surface area contributed by atoms with E-state index in [0.29, 0.717) is 16.5 Å². The average Bonchev–Trinajstić information content (AvgIpc) is 3.14. The second kappa shape index (κ2) is 5.44. The van der Waals surface area contributed by atoms with Crippen molar-refractivity contribution in [2.45, 2.75) is 39.5 Å². The number of carbonyl (C=O) groups excluding carboxylic acids is 2. The van der Waals surface area contributed by atoms with Crippen LogP contribution < -0.4 is 5.32 Å². The number of rotatable bonds is 3. The summed E-state index contributed by atoms with van der Waals surface area (Å²) < 4.78 is 4.84. The van der Waals surface area contributed by atoms with Crippen LogP contribution in [0.5, 0.6) is 0 Å². The molecule has 114 valence electrons. The lowest BCUT2D eigenvalue weighted by Gasteiger charge is -2.20. The van der Waals surface area contributed by atoms with Crippen molar-refractivity contribution in [3.05, 3.63) is 16.0 Å². The molecule has 0 unspecified atom stereocenters. The molecule has 1 aromatic heterocycles. The topological polar surface area (TPSA) is 55.4 Å². The van der Waals surface area contributed by atoms with Gasteiger partial charge in [-0.3, -0.25) is 4.79 Å². The van der Waals surface area contributed by atoms with Crippen LogP contribution in [0.2, 0.25) is 0 Å². The molecule has 1 amide bonds. The minimum atomic E-state index is -0.375. The molecule has 0 aliphatic heterocycles. The van der Waals surface area contributed by atoms with E-state index < -0.39 is 0 Å². The number of hydrogen-bond donors (Lipinski definition) is 1. The lowest BCUT2D eigenvalue weighted by Crippen LogP contribution is -2.27. The van der Waals surface area contributed by atoms with Crippen LogP contribution in [0, 0.1) is 31.6 Å². The van der Waals surface area contributed by atoms with Gasteiger partial charge in [0, 0.05) is 10.8 Å². The lowest BCUT2D eigenvalue weighted by molar-refractivity contribution is -0.121. The Balaban J connectivity index is 1.80. The summed E-state index contributed by atoms with van der Waals surface area (Å²) in [6.45, 7) is 3.85. The zero-order valence-corrected chi connectivity index (χ0v) is 13.5. The molecule has 1 N–H and O–H groups in total. The third-order valence-electron chi connectivity index (χ3n) is 5.09. The van der Waals surface area contributed by atoms with Gasteiger partial charge in [0.05, 0.1) is 12.7 Å². The number of hydrogen-bond acceptors (Lipinski definition) is 4. The average molecular weight is 307 g/mol. The van der Waals surface area contributed by atoms with Gasteiger partial charge in [-0.2, -0.15) is 0 Å².